The molecule has 1 saturated carbocycles. The molecule has 0 N–H and O–H groups in total. The lowest BCUT2D eigenvalue weighted by Gasteiger charge is -2.29. The van der Waals surface area contributed by atoms with Gasteiger partial charge in [-0.05, 0) is 24.5 Å². The maximum absolute atomic E-state index is 12.5. The summed E-state index contributed by atoms with van der Waals surface area (Å²) in [5.41, 5.74) is 0.224. The number of aromatic nitrogens is 4. The van der Waals surface area contributed by atoms with Crippen molar-refractivity contribution in [2.24, 2.45) is 5.41 Å². The fourth-order valence-electron chi connectivity index (χ4n) is 3.04. The Hall–Kier alpha value is -2.79. The Morgan fingerprint density at radius 2 is 2.20 bits per heavy atom. The van der Waals surface area contributed by atoms with Crippen molar-refractivity contribution in [2.75, 3.05) is 6.54 Å². The van der Waals surface area contributed by atoms with E-state index in [-0.39, 0.29) is 5.91 Å². The molecule has 128 valence electrons. The molecular weight excluding hydrogens is 320 g/mol. The van der Waals surface area contributed by atoms with Crippen LogP contribution in [0.1, 0.15) is 30.1 Å². The maximum atomic E-state index is 12.5. The minimum absolute atomic E-state index is 0.0707. The summed E-state index contributed by atoms with van der Waals surface area (Å²) in [6, 6.07) is 5.99. The predicted octanol–water partition coefficient (Wildman–Crippen LogP) is 1.04. The molecule has 25 heavy (non-hydrogen) atoms. The Kier molecular flexibility index (Phi) is 3.93. The molecule has 0 unspecified atom stereocenters. The number of ether oxygens (including phenoxy) is 1. The molecule has 1 aliphatic heterocycles. The van der Waals surface area contributed by atoms with E-state index < -0.39 is 5.41 Å². The molecule has 8 nitrogen and oxygen atoms in total. The second-order valence-corrected chi connectivity index (χ2v) is 6.46. The molecule has 0 radical (unpaired) electrons. The van der Waals surface area contributed by atoms with E-state index in [2.05, 4.69) is 21.3 Å². The lowest BCUT2D eigenvalue weighted by Crippen LogP contribution is -2.42. The summed E-state index contributed by atoms with van der Waals surface area (Å²) in [4.78, 5) is 18.3. The lowest BCUT2D eigenvalue weighted by atomic mass is 10.1. The van der Waals surface area contributed by atoms with Crippen molar-refractivity contribution in [1.29, 1.82) is 5.26 Å². The molecule has 0 spiro atoms. The molecule has 1 fully saturated rings. The first-order chi connectivity index (χ1) is 12.2. The highest BCUT2D eigenvalue weighted by Gasteiger charge is 2.53. The summed E-state index contributed by atoms with van der Waals surface area (Å²) in [5, 5.41) is 17.6. The van der Waals surface area contributed by atoms with Crippen molar-refractivity contribution < 1.29 is 9.53 Å². The predicted molar refractivity (Wildman–Crippen MR) is 85.4 cm³/mol. The summed E-state index contributed by atoms with van der Waals surface area (Å²) in [7, 11) is 0. The molecule has 0 aromatic carbocycles. The number of rotatable bonds is 5. The minimum Gasteiger partial charge on any atom is -0.369 e. The molecule has 0 saturated heterocycles. The van der Waals surface area contributed by atoms with Crippen molar-refractivity contribution in [1.82, 2.24) is 24.6 Å². The molecule has 3 heterocycles. The van der Waals surface area contributed by atoms with Crippen molar-refractivity contribution in [3.63, 3.8) is 0 Å². The van der Waals surface area contributed by atoms with Gasteiger partial charge in [0.1, 0.15) is 12.0 Å². The van der Waals surface area contributed by atoms with Crippen LogP contribution in [0.5, 0.6) is 0 Å². The van der Waals surface area contributed by atoms with Crippen molar-refractivity contribution in [3.05, 3.63) is 41.7 Å². The van der Waals surface area contributed by atoms with Crippen LogP contribution in [0.3, 0.4) is 0 Å². The van der Waals surface area contributed by atoms with E-state index in [1.54, 1.807) is 17.3 Å². The Bertz CT molecular complexity index is 821. The standard InChI is InChI=1S/C17H18N6O2/c18-12-17(3-4-17)16(24)22-6-7-23-14(9-22)20-21-15(23)11-25-10-13-2-1-5-19-8-13/h1-2,5,8H,3-4,6-7,9-11H2. The van der Waals surface area contributed by atoms with E-state index in [1.807, 2.05) is 16.7 Å². The third-order valence-electron chi connectivity index (χ3n) is 4.71. The van der Waals surface area contributed by atoms with Crippen LogP contribution in [0.4, 0.5) is 0 Å². The second kappa shape index (κ2) is 6.26. The van der Waals surface area contributed by atoms with Gasteiger partial charge in [0.05, 0.1) is 19.2 Å². The fourth-order valence-corrected chi connectivity index (χ4v) is 3.04. The summed E-state index contributed by atoms with van der Waals surface area (Å²) in [6.45, 7) is 2.42. The average Bonchev–Trinajstić information content (AvgIpc) is 3.37. The van der Waals surface area contributed by atoms with Gasteiger partial charge in [-0.1, -0.05) is 6.07 Å². The first-order valence-electron chi connectivity index (χ1n) is 8.30. The smallest absolute Gasteiger partial charge is 0.243 e. The molecule has 0 bridgehead atoms. The number of nitriles is 1. The number of carbonyl (C=O) groups is 1. The monoisotopic (exact) mass is 338 g/mol. The normalized spacial score (nSPS) is 17.6. The van der Waals surface area contributed by atoms with Crippen LogP contribution in [0.25, 0.3) is 0 Å². The summed E-state index contributed by atoms with van der Waals surface area (Å²) >= 11 is 0. The Labute approximate surface area is 145 Å². The first-order valence-corrected chi connectivity index (χ1v) is 8.30. The van der Waals surface area contributed by atoms with E-state index in [0.29, 0.717) is 45.7 Å². The number of carbonyl (C=O) groups excluding carboxylic acids is 1. The van der Waals surface area contributed by atoms with Crippen molar-refractivity contribution >= 4 is 5.91 Å². The van der Waals surface area contributed by atoms with Gasteiger partial charge in [-0.2, -0.15) is 5.26 Å². The van der Waals surface area contributed by atoms with Gasteiger partial charge in [-0.25, -0.2) is 0 Å². The largest absolute Gasteiger partial charge is 0.369 e. The maximum Gasteiger partial charge on any atom is 0.243 e. The third-order valence-corrected chi connectivity index (χ3v) is 4.71. The lowest BCUT2D eigenvalue weighted by molar-refractivity contribution is -0.136. The van der Waals surface area contributed by atoms with Crippen LogP contribution in [0.2, 0.25) is 0 Å². The Balaban J connectivity index is 1.37. The Morgan fingerprint density at radius 3 is 2.92 bits per heavy atom. The number of hydrogen-bond donors (Lipinski definition) is 0. The Morgan fingerprint density at radius 1 is 1.32 bits per heavy atom. The van der Waals surface area contributed by atoms with Gasteiger partial charge in [-0.3, -0.25) is 9.78 Å². The zero-order valence-corrected chi connectivity index (χ0v) is 13.8. The highest BCUT2D eigenvalue weighted by Crippen LogP contribution is 2.46. The van der Waals surface area contributed by atoms with E-state index in [9.17, 15) is 10.1 Å². The molecule has 2 aliphatic rings. The molecule has 1 aliphatic carbocycles. The topological polar surface area (TPSA) is 96.9 Å². The van der Waals surface area contributed by atoms with Crippen LogP contribution in [0.15, 0.2) is 24.5 Å². The number of fused-ring (bicyclic) bond motifs is 1. The third kappa shape index (κ3) is 2.98. The van der Waals surface area contributed by atoms with Crippen LogP contribution < -0.4 is 0 Å². The molecule has 2 aromatic rings. The summed E-state index contributed by atoms with van der Waals surface area (Å²) in [6.07, 6.45) is 4.83. The molecule has 2 aromatic heterocycles. The van der Waals surface area contributed by atoms with Crippen molar-refractivity contribution in [2.45, 2.75) is 39.1 Å². The molecule has 8 heteroatoms. The van der Waals surface area contributed by atoms with Gasteiger partial charge in [0.2, 0.25) is 5.91 Å². The van der Waals surface area contributed by atoms with Crippen LogP contribution >= 0.6 is 0 Å². The highest BCUT2D eigenvalue weighted by molar-refractivity contribution is 5.88. The zero-order valence-electron chi connectivity index (χ0n) is 13.8. The summed E-state index contributed by atoms with van der Waals surface area (Å²) < 4.78 is 7.70. The van der Waals surface area contributed by atoms with Gasteiger partial charge >= 0.3 is 0 Å². The number of hydrogen-bond acceptors (Lipinski definition) is 6. The average molecular weight is 338 g/mol. The van der Waals surface area contributed by atoms with Gasteiger partial charge in [0.15, 0.2) is 11.6 Å². The van der Waals surface area contributed by atoms with E-state index >= 15 is 0 Å². The van der Waals surface area contributed by atoms with Gasteiger partial charge in [0.25, 0.3) is 0 Å². The van der Waals surface area contributed by atoms with Crippen LogP contribution in [-0.2, 0) is 35.8 Å². The SMILES string of the molecule is N#CC1(C(=O)N2CCn3c(COCc4cccnc4)nnc3C2)CC1. The molecule has 4 rings (SSSR count). The zero-order chi connectivity index (χ0) is 17.3. The van der Waals surface area contributed by atoms with E-state index in [1.165, 1.54) is 0 Å². The molecular formula is C17H18N6O2. The minimum atomic E-state index is -0.780. The fraction of sp³-hybridized carbons (Fsp3) is 0.471. The quantitative estimate of drug-likeness (QED) is 0.808. The van der Waals surface area contributed by atoms with Gasteiger partial charge < -0.3 is 14.2 Å². The first kappa shape index (κ1) is 15.7. The van der Waals surface area contributed by atoms with Crippen LogP contribution in [-0.4, -0.2) is 37.1 Å². The van der Waals surface area contributed by atoms with E-state index in [0.717, 1.165) is 17.2 Å². The number of nitrogens with zero attached hydrogens (tertiary/aromatic N) is 6. The van der Waals surface area contributed by atoms with Gasteiger partial charge in [-0.15, -0.1) is 10.2 Å². The number of pyridine rings is 1. The number of amides is 1. The van der Waals surface area contributed by atoms with Crippen LogP contribution in [0, 0.1) is 16.7 Å². The second-order valence-electron chi connectivity index (χ2n) is 6.46. The molecule has 0 atom stereocenters. The van der Waals surface area contributed by atoms with E-state index in [4.69, 9.17) is 4.74 Å². The summed E-state index contributed by atoms with van der Waals surface area (Å²) in [5.74, 6) is 1.43. The molecule has 1 amide bonds. The van der Waals surface area contributed by atoms with Crippen molar-refractivity contribution in [3.8, 4) is 6.07 Å². The van der Waals surface area contributed by atoms with Gasteiger partial charge in [0, 0.05) is 25.5 Å². The highest BCUT2D eigenvalue weighted by atomic mass is 16.5.